The summed E-state index contributed by atoms with van der Waals surface area (Å²) in [6, 6.07) is 15.6. The summed E-state index contributed by atoms with van der Waals surface area (Å²) in [7, 11) is 0. The molecule has 3 aromatic rings. The first-order chi connectivity index (χ1) is 21.6. The fourth-order valence-corrected chi connectivity index (χ4v) is 4.80. The largest absolute Gasteiger partial charge is 0.422 e. The molecule has 1 fully saturated rings. The summed E-state index contributed by atoms with van der Waals surface area (Å²) in [5.41, 5.74) is 9.86. The number of nitrogens with one attached hydrogen (secondary N) is 1. The van der Waals surface area contributed by atoms with Crippen LogP contribution in [0.25, 0.3) is 16.7 Å². The van der Waals surface area contributed by atoms with Crippen LogP contribution in [0.2, 0.25) is 0 Å². The molecule has 1 saturated heterocycles. The Morgan fingerprint density at radius 3 is 1.89 bits per heavy atom. The highest BCUT2D eigenvalue weighted by Crippen LogP contribution is 2.23. The third kappa shape index (κ3) is 10.2. The Labute approximate surface area is 259 Å². The minimum Gasteiger partial charge on any atom is -0.422 e. The van der Waals surface area contributed by atoms with Gasteiger partial charge in [-0.15, -0.1) is 0 Å². The fraction of sp³-hybridized carbons (Fsp3) is 0.485. The summed E-state index contributed by atoms with van der Waals surface area (Å²) in [6.45, 7) is 12.7. The lowest BCUT2D eigenvalue weighted by atomic mass is 10.1. The summed E-state index contributed by atoms with van der Waals surface area (Å²) in [5, 5.41) is 4.01. The van der Waals surface area contributed by atoms with Crippen molar-refractivity contribution in [3.05, 3.63) is 70.7 Å². The van der Waals surface area contributed by atoms with Gasteiger partial charge in [-0.1, -0.05) is 0 Å². The Hall–Kier alpha value is -3.61. The zero-order valence-corrected chi connectivity index (χ0v) is 25.9. The number of anilines is 3. The zero-order valence-electron chi connectivity index (χ0n) is 25.9. The number of ether oxygens (including phenoxy) is 5. The van der Waals surface area contributed by atoms with Crippen molar-refractivity contribution >= 4 is 33.7 Å². The molecular weight excluding hydrogens is 564 g/mol. The summed E-state index contributed by atoms with van der Waals surface area (Å²) in [4.78, 5) is 17.2. The second-order valence-electron chi connectivity index (χ2n) is 10.2. The van der Waals surface area contributed by atoms with Gasteiger partial charge in [-0.2, -0.15) is 0 Å². The van der Waals surface area contributed by atoms with E-state index in [0.717, 1.165) is 35.5 Å². The molecule has 240 valence electrons. The fourth-order valence-electron chi connectivity index (χ4n) is 4.80. The van der Waals surface area contributed by atoms with E-state index in [-0.39, 0.29) is 0 Å². The van der Waals surface area contributed by atoms with E-state index < -0.39 is 5.63 Å². The van der Waals surface area contributed by atoms with Crippen LogP contribution in [-0.2, 0) is 23.7 Å². The maximum Gasteiger partial charge on any atom is 0.345 e. The van der Waals surface area contributed by atoms with Crippen LogP contribution in [0.1, 0.15) is 19.4 Å². The van der Waals surface area contributed by atoms with E-state index in [1.807, 2.05) is 42.5 Å². The van der Waals surface area contributed by atoms with Crippen LogP contribution in [0.15, 0.2) is 63.9 Å². The molecule has 0 radical (unpaired) electrons. The van der Waals surface area contributed by atoms with E-state index in [0.29, 0.717) is 96.0 Å². The van der Waals surface area contributed by atoms with Gasteiger partial charge in [0.05, 0.1) is 77.3 Å². The summed E-state index contributed by atoms with van der Waals surface area (Å²) < 4.78 is 33.8. The number of nitrogens with two attached hydrogens (primary N) is 1. The van der Waals surface area contributed by atoms with Crippen LogP contribution < -0.4 is 26.5 Å². The first-order valence-corrected chi connectivity index (χ1v) is 15.4. The standard InChI is InChI=1S/C33H46N4O7/c1-3-36(4-2)29-8-5-26-23-30(33(38)44-32(26)24-29)31(34)25-35-27-6-9-28(10-7-27)37-11-13-39-15-17-41-19-21-43-22-20-42-18-16-40-14-12-37/h5-10,23-25,35H,3-4,11-22,34H2,1-2H3/b31-25-. The van der Waals surface area contributed by atoms with E-state index in [1.165, 1.54) is 0 Å². The molecule has 0 amide bonds. The Balaban J connectivity index is 1.37. The van der Waals surface area contributed by atoms with Gasteiger partial charge < -0.3 is 49.0 Å². The first-order valence-electron chi connectivity index (χ1n) is 15.4. The van der Waals surface area contributed by atoms with Gasteiger partial charge in [0.2, 0.25) is 0 Å². The van der Waals surface area contributed by atoms with Crippen molar-refractivity contribution in [3.8, 4) is 0 Å². The van der Waals surface area contributed by atoms with Crippen LogP contribution in [0.3, 0.4) is 0 Å². The van der Waals surface area contributed by atoms with E-state index in [9.17, 15) is 4.79 Å². The van der Waals surface area contributed by atoms with Crippen molar-refractivity contribution in [2.75, 3.05) is 107 Å². The molecule has 0 atom stereocenters. The highest BCUT2D eigenvalue weighted by Gasteiger charge is 2.11. The van der Waals surface area contributed by atoms with Gasteiger partial charge in [0, 0.05) is 60.9 Å². The molecule has 2 heterocycles. The van der Waals surface area contributed by atoms with E-state index >= 15 is 0 Å². The molecule has 1 aromatic heterocycles. The molecule has 11 heteroatoms. The third-order valence-electron chi connectivity index (χ3n) is 7.29. The molecule has 0 saturated carbocycles. The third-order valence-corrected chi connectivity index (χ3v) is 7.29. The predicted molar refractivity (Wildman–Crippen MR) is 175 cm³/mol. The summed E-state index contributed by atoms with van der Waals surface area (Å²) in [6.07, 6.45) is 1.62. The zero-order chi connectivity index (χ0) is 31.0. The molecule has 1 aliphatic rings. The Morgan fingerprint density at radius 1 is 0.795 bits per heavy atom. The average Bonchev–Trinajstić information content (AvgIpc) is 3.04. The van der Waals surface area contributed by atoms with Crippen molar-refractivity contribution in [2.24, 2.45) is 5.73 Å². The molecular formula is C33H46N4O7. The van der Waals surface area contributed by atoms with Gasteiger partial charge in [0.25, 0.3) is 0 Å². The molecule has 0 spiro atoms. The number of rotatable bonds is 7. The Kier molecular flexibility index (Phi) is 13.8. The molecule has 44 heavy (non-hydrogen) atoms. The van der Waals surface area contributed by atoms with Crippen LogP contribution in [0.4, 0.5) is 17.1 Å². The van der Waals surface area contributed by atoms with E-state index in [1.54, 1.807) is 12.3 Å². The molecule has 2 aromatic carbocycles. The Morgan fingerprint density at radius 2 is 1.34 bits per heavy atom. The highest BCUT2D eigenvalue weighted by molar-refractivity contribution is 5.83. The number of nitrogens with zero attached hydrogens (tertiary/aromatic N) is 2. The van der Waals surface area contributed by atoms with Crippen LogP contribution in [0.5, 0.6) is 0 Å². The maximum absolute atomic E-state index is 12.8. The van der Waals surface area contributed by atoms with E-state index in [4.69, 9.17) is 33.8 Å². The normalized spacial score (nSPS) is 17.1. The summed E-state index contributed by atoms with van der Waals surface area (Å²) in [5.74, 6) is 0. The van der Waals surface area contributed by atoms with Gasteiger partial charge in [-0.25, -0.2) is 4.79 Å². The Bertz CT molecular complexity index is 1340. The topological polar surface area (TPSA) is 121 Å². The predicted octanol–water partition coefficient (Wildman–Crippen LogP) is 3.91. The lowest BCUT2D eigenvalue weighted by Crippen LogP contribution is -2.31. The van der Waals surface area contributed by atoms with Crippen molar-refractivity contribution in [1.29, 1.82) is 0 Å². The van der Waals surface area contributed by atoms with Gasteiger partial charge in [0.15, 0.2) is 0 Å². The molecule has 0 aliphatic carbocycles. The lowest BCUT2D eigenvalue weighted by molar-refractivity contribution is -0.0116. The minimum absolute atomic E-state index is 0.292. The number of hydrogen-bond donors (Lipinski definition) is 2. The average molecular weight is 611 g/mol. The lowest BCUT2D eigenvalue weighted by Gasteiger charge is -2.25. The molecule has 0 unspecified atom stereocenters. The first kappa shape index (κ1) is 33.3. The monoisotopic (exact) mass is 610 g/mol. The highest BCUT2D eigenvalue weighted by atomic mass is 16.6. The van der Waals surface area contributed by atoms with Gasteiger partial charge >= 0.3 is 5.63 Å². The second kappa shape index (κ2) is 18.3. The smallest absolute Gasteiger partial charge is 0.345 e. The van der Waals surface area contributed by atoms with Crippen molar-refractivity contribution in [3.63, 3.8) is 0 Å². The van der Waals surface area contributed by atoms with Gasteiger partial charge in [-0.3, -0.25) is 0 Å². The van der Waals surface area contributed by atoms with Crippen LogP contribution >= 0.6 is 0 Å². The van der Waals surface area contributed by atoms with E-state index in [2.05, 4.69) is 29.0 Å². The molecule has 0 bridgehead atoms. The van der Waals surface area contributed by atoms with Gasteiger partial charge in [-0.05, 0) is 56.3 Å². The van der Waals surface area contributed by atoms with Gasteiger partial charge in [0.1, 0.15) is 5.58 Å². The number of benzene rings is 2. The van der Waals surface area contributed by atoms with Crippen molar-refractivity contribution in [1.82, 2.24) is 0 Å². The quantitative estimate of drug-likeness (QED) is 0.379. The molecule has 3 N–H and O–H groups in total. The van der Waals surface area contributed by atoms with Crippen molar-refractivity contribution < 1.29 is 28.1 Å². The molecule has 4 rings (SSSR count). The maximum atomic E-state index is 12.8. The van der Waals surface area contributed by atoms with Crippen LogP contribution in [0, 0.1) is 0 Å². The molecule has 11 nitrogen and oxygen atoms in total. The SMILES string of the molecule is CCN(CC)c1ccc2cc(/C(N)=C/Nc3ccc(N4CCOCCOCCOCCOCCOCC4)cc3)c(=O)oc2c1. The number of fused-ring (bicyclic) bond motifs is 1. The summed E-state index contributed by atoms with van der Waals surface area (Å²) >= 11 is 0. The second-order valence-corrected chi connectivity index (χ2v) is 10.2. The molecule has 1 aliphatic heterocycles. The number of hydrogen-bond acceptors (Lipinski definition) is 11. The van der Waals surface area contributed by atoms with Crippen molar-refractivity contribution in [2.45, 2.75) is 13.8 Å². The van der Waals surface area contributed by atoms with Crippen LogP contribution in [-0.4, -0.2) is 92.2 Å². The minimum atomic E-state index is -0.476.